The number of rotatable bonds is 6. The molecule has 0 bridgehead atoms. The average Bonchev–Trinajstić information content (AvgIpc) is 2.88. The summed E-state index contributed by atoms with van der Waals surface area (Å²) in [5.41, 5.74) is 1.20. The normalized spacial score (nSPS) is 13.5. The number of halogens is 4. The first-order valence-electron chi connectivity index (χ1n) is 6.53. The van der Waals surface area contributed by atoms with Gasteiger partial charge in [0, 0.05) is 25.6 Å². The van der Waals surface area contributed by atoms with Gasteiger partial charge in [-0.05, 0) is 29.3 Å². The molecule has 1 rings (SSSR count). The van der Waals surface area contributed by atoms with Crippen molar-refractivity contribution in [3.63, 3.8) is 0 Å². The van der Waals surface area contributed by atoms with Crippen molar-refractivity contribution in [2.45, 2.75) is 32.4 Å². The van der Waals surface area contributed by atoms with Crippen molar-refractivity contribution in [3.8, 4) is 0 Å². The van der Waals surface area contributed by atoms with Gasteiger partial charge in [-0.1, -0.05) is 6.92 Å². The van der Waals surface area contributed by atoms with Crippen molar-refractivity contribution in [2.24, 2.45) is 4.99 Å². The molecule has 0 amide bonds. The Kier molecular flexibility index (Phi) is 10.0. The van der Waals surface area contributed by atoms with E-state index >= 15 is 0 Å². The van der Waals surface area contributed by atoms with E-state index in [-0.39, 0.29) is 36.4 Å². The van der Waals surface area contributed by atoms with E-state index in [1.165, 1.54) is 5.56 Å². The van der Waals surface area contributed by atoms with Gasteiger partial charge in [0.25, 0.3) is 0 Å². The van der Waals surface area contributed by atoms with Gasteiger partial charge < -0.3 is 10.6 Å². The maximum Gasteiger partial charge on any atom is 0.390 e. The van der Waals surface area contributed by atoms with Crippen LogP contribution in [0.5, 0.6) is 0 Å². The lowest BCUT2D eigenvalue weighted by atomic mass is 10.1. The van der Waals surface area contributed by atoms with Gasteiger partial charge in [0.1, 0.15) is 0 Å². The topological polar surface area (TPSA) is 36.4 Å². The molecule has 1 atom stereocenters. The molecule has 2 N–H and O–H groups in total. The maximum atomic E-state index is 12.1. The van der Waals surface area contributed by atoms with Crippen LogP contribution in [-0.4, -0.2) is 31.8 Å². The first kappa shape index (κ1) is 20.5. The van der Waals surface area contributed by atoms with Gasteiger partial charge in [-0.25, -0.2) is 0 Å². The Morgan fingerprint density at radius 3 is 2.62 bits per heavy atom. The molecule has 0 saturated carbocycles. The second kappa shape index (κ2) is 10.3. The van der Waals surface area contributed by atoms with Gasteiger partial charge >= 0.3 is 6.18 Å². The summed E-state index contributed by atoms with van der Waals surface area (Å²) >= 11 is 1.62. The van der Waals surface area contributed by atoms with Crippen LogP contribution in [0, 0.1) is 0 Å². The van der Waals surface area contributed by atoms with Crippen LogP contribution in [0.4, 0.5) is 13.2 Å². The van der Waals surface area contributed by atoms with Gasteiger partial charge in [-0.3, -0.25) is 4.99 Å². The number of nitrogens with one attached hydrogen (secondary N) is 2. The Hall–Kier alpha value is -0.510. The summed E-state index contributed by atoms with van der Waals surface area (Å²) in [6.45, 7) is 4.92. The summed E-state index contributed by atoms with van der Waals surface area (Å²) in [5, 5.41) is 9.71. The highest BCUT2D eigenvalue weighted by atomic mass is 127. The summed E-state index contributed by atoms with van der Waals surface area (Å²) in [6, 6.07) is 2.04. The molecule has 0 aliphatic carbocycles. The number of aliphatic imine (C=N–C) groups is 1. The fourth-order valence-corrected chi connectivity index (χ4v) is 2.34. The lowest BCUT2D eigenvalue weighted by molar-refractivity contribution is -0.132. The molecule has 122 valence electrons. The Labute approximate surface area is 144 Å². The highest BCUT2D eigenvalue weighted by Gasteiger charge is 2.26. The number of hydrogen-bond acceptors (Lipinski definition) is 2. The van der Waals surface area contributed by atoms with Crippen molar-refractivity contribution < 1.29 is 13.2 Å². The molecule has 0 aromatic carbocycles. The van der Waals surface area contributed by atoms with E-state index in [4.69, 9.17) is 0 Å². The third-order valence-electron chi connectivity index (χ3n) is 2.68. The number of nitrogens with zero attached hydrogens (tertiary/aromatic N) is 1. The lowest BCUT2D eigenvalue weighted by Gasteiger charge is -2.13. The monoisotopic (exact) mass is 435 g/mol. The number of hydrogen-bond donors (Lipinski definition) is 2. The molecule has 21 heavy (non-hydrogen) atoms. The SMILES string of the molecule is CCNC(=NCC(C)c1ccsc1)NCCC(F)(F)F.I. The van der Waals surface area contributed by atoms with Gasteiger partial charge in [-0.15, -0.1) is 24.0 Å². The van der Waals surface area contributed by atoms with Crippen molar-refractivity contribution in [1.29, 1.82) is 0 Å². The highest BCUT2D eigenvalue weighted by molar-refractivity contribution is 14.0. The fourth-order valence-electron chi connectivity index (χ4n) is 1.55. The van der Waals surface area contributed by atoms with Crippen LogP contribution in [0.1, 0.15) is 31.7 Å². The van der Waals surface area contributed by atoms with Crippen LogP contribution in [0.25, 0.3) is 0 Å². The van der Waals surface area contributed by atoms with Crippen LogP contribution in [0.3, 0.4) is 0 Å². The molecule has 1 aromatic heterocycles. The molecule has 8 heteroatoms. The molecule has 3 nitrogen and oxygen atoms in total. The quantitative estimate of drug-likeness (QED) is 0.403. The zero-order valence-corrected chi connectivity index (χ0v) is 15.2. The van der Waals surface area contributed by atoms with Crippen LogP contribution < -0.4 is 10.6 Å². The molecule has 0 fully saturated rings. The Morgan fingerprint density at radius 1 is 1.38 bits per heavy atom. The summed E-state index contributed by atoms with van der Waals surface area (Å²) in [5.74, 6) is 0.679. The molecule has 1 aromatic rings. The van der Waals surface area contributed by atoms with E-state index in [0.717, 1.165) is 0 Å². The molecular weight excluding hydrogens is 414 g/mol. The minimum Gasteiger partial charge on any atom is -0.357 e. The summed E-state index contributed by atoms with van der Waals surface area (Å²) < 4.78 is 36.3. The van der Waals surface area contributed by atoms with Crippen LogP contribution in [0.15, 0.2) is 21.8 Å². The smallest absolute Gasteiger partial charge is 0.357 e. The first-order chi connectivity index (χ1) is 9.42. The maximum absolute atomic E-state index is 12.1. The number of alkyl halides is 3. The first-order valence-corrected chi connectivity index (χ1v) is 7.47. The Morgan fingerprint density at radius 2 is 2.10 bits per heavy atom. The highest BCUT2D eigenvalue weighted by Crippen LogP contribution is 2.19. The standard InChI is InChI=1S/C13H20F3N3S.HI/c1-3-17-12(18-6-5-13(14,15)16)19-8-10(2)11-4-7-20-9-11;/h4,7,9-10H,3,5-6,8H2,1-2H3,(H2,17,18,19);1H. The van der Waals surface area contributed by atoms with Crippen molar-refractivity contribution in [1.82, 2.24) is 10.6 Å². The largest absolute Gasteiger partial charge is 0.390 e. The lowest BCUT2D eigenvalue weighted by Crippen LogP contribution is -2.39. The fraction of sp³-hybridized carbons (Fsp3) is 0.615. The van der Waals surface area contributed by atoms with Crippen molar-refractivity contribution >= 4 is 41.3 Å². The van der Waals surface area contributed by atoms with E-state index in [9.17, 15) is 13.2 Å². The molecule has 1 unspecified atom stereocenters. The summed E-state index contributed by atoms with van der Waals surface area (Å²) in [6.07, 6.45) is -5.01. The van der Waals surface area contributed by atoms with E-state index in [1.54, 1.807) is 11.3 Å². The van der Waals surface area contributed by atoms with Gasteiger partial charge in [0.15, 0.2) is 5.96 Å². The van der Waals surface area contributed by atoms with Crippen LogP contribution in [-0.2, 0) is 0 Å². The summed E-state index contributed by atoms with van der Waals surface area (Å²) in [4.78, 5) is 4.32. The zero-order chi connectivity index (χ0) is 15.0. The Balaban J connectivity index is 0.00000400. The molecular formula is C13H21F3IN3S. The predicted octanol–water partition coefficient (Wildman–Crippen LogP) is 3.98. The van der Waals surface area contributed by atoms with Gasteiger partial charge in [0.2, 0.25) is 0 Å². The molecule has 0 aliphatic heterocycles. The third-order valence-corrected chi connectivity index (χ3v) is 3.38. The number of thiophene rings is 1. The van der Waals surface area contributed by atoms with E-state index in [2.05, 4.69) is 21.0 Å². The van der Waals surface area contributed by atoms with Crippen LogP contribution >= 0.6 is 35.3 Å². The van der Waals surface area contributed by atoms with Gasteiger partial charge in [0.05, 0.1) is 6.42 Å². The second-order valence-corrected chi connectivity index (χ2v) is 5.25. The number of guanidine groups is 1. The molecule has 0 aliphatic rings. The average molecular weight is 435 g/mol. The van der Waals surface area contributed by atoms with E-state index in [1.807, 2.05) is 25.3 Å². The van der Waals surface area contributed by atoms with E-state index in [0.29, 0.717) is 19.0 Å². The second-order valence-electron chi connectivity index (χ2n) is 4.47. The molecule has 0 spiro atoms. The summed E-state index contributed by atoms with van der Waals surface area (Å²) in [7, 11) is 0. The molecule has 1 heterocycles. The Bertz CT molecular complexity index is 407. The predicted molar refractivity (Wildman–Crippen MR) is 92.8 cm³/mol. The van der Waals surface area contributed by atoms with Gasteiger partial charge in [-0.2, -0.15) is 24.5 Å². The molecule has 0 radical (unpaired) electrons. The van der Waals surface area contributed by atoms with Crippen molar-refractivity contribution in [2.75, 3.05) is 19.6 Å². The van der Waals surface area contributed by atoms with Crippen LogP contribution in [0.2, 0.25) is 0 Å². The minimum atomic E-state index is -4.14. The molecule has 0 saturated heterocycles. The minimum absolute atomic E-state index is 0. The van der Waals surface area contributed by atoms with Crippen molar-refractivity contribution in [3.05, 3.63) is 22.4 Å². The van der Waals surface area contributed by atoms with E-state index < -0.39 is 12.6 Å². The zero-order valence-electron chi connectivity index (χ0n) is 12.0. The third kappa shape index (κ3) is 9.18.